The van der Waals surface area contributed by atoms with E-state index in [4.69, 9.17) is 16.3 Å². The minimum absolute atomic E-state index is 0.106. The summed E-state index contributed by atoms with van der Waals surface area (Å²) in [5.41, 5.74) is 2.57. The van der Waals surface area contributed by atoms with Gasteiger partial charge in [-0.2, -0.15) is 0 Å². The molecule has 2 aromatic rings. The van der Waals surface area contributed by atoms with Gasteiger partial charge in [-0.1, -0.05) is 23.7 Å². The van der Waals surface area contributed by atoms with Gasteiger partial charge in [-0.3, -0.25) is 4.31 Å². The fraction of sp³-hybridized carbons (Fsp3) is 0.222. The van der Waals surface area contributed by atoms with E-state index in [0.717, 1.165) is 11.1 Å². The monoisotopic (exact) mass is 365 g/mol. The Kier molecular flexibility index (Phi) is 5.57. The van der Waals surface area contributed by atoms with Gasteiger partial charge in [-0.25, -0.2) is 8.42 Å². The van der Waals surface area contributed by atoms with Crippen molar-refractivity contribution in [3.05, 3.63) is 65.2 Å². The van der Waals surface area contributed by atoms with Gasteiger partial charge in [0, 0.05) is 0 Å². The van der Waals surface area contributed by atoms with Crippen molar-refractivity contribution in [2.45, 2.75) is 18.7 Å². The Morgan fingerprint density at radius 1 is 1.17 bits per heavy atom. The molecule has 0 aliphatic carbocycles. The Hall–Kier alpha value is -1.98. The van der Waals surface area contributed by atoms with Crippen LogP contribution in [-0.2, 0) is 10.0 Å². The van der Waals surface area contributed by atoms with Gasteiger partial charge in [0.25, 0.3) is 10.0 Å². The predicted octanol–water partition coefficient (Wildman–Crippen LogP) is 4.35. The van der Waals surface area contributed by atoms with Crippen molar-refractivity contribution < 1.29 is 13.2 Å². The van der Waals surface area contributed by atoms with Crippen LogP contribution in [0.2, 0.25) is 5.02 Å². The number of anilines is 1. The van der Waals surface area contributed by atoms with Crippen molar-refractivity contribution in [3.63, 3.8) is 0 Å². The molecule has 0 atom stereocenters. The SMILES string of the molecule is C=CCN(c1cc(C)cc(C)c1)S(=O)(=O)c1ccc(OC)c(Cl)c1. The molecule has 0 saturated heterocycles. The minimum Gasteiger partial charge on any atom is -0.495 e. The Morgan fingerprint density at radius 3 is 2.29 bits per heavy atom. The summed E-state index contributed by atoms with van der Waals surface area (Å²) in [6.07, 6.45) is 1.56. The molecule has 2 aromatic carbocycles. The number of benzene rings is 2. The highest BCUT2D eigenvalue weighted by molar-refractivity contribution is 7.92. The molecule has 0 saturated carbocycles. The third-order valence-corrected chi connectivity index (χ3v) is 5.59. The normalized spacial score (nSPS) is 11.2. The third kappa shape index (κ3) is 3.74. The van der Waals surface area contributed by atoms with E-state index in [-0.39, 0.29) is 16.5 Å². The predicted molar refractivity (Wildman–Crippen MR) is 98.6 cm³/mol. The van der Waals surface area contributed by atoms with E-state index in [0.29, 0.717) is 11.4 Å². The second-order valence-corrected chi connectivity index (χ2v) is 7.74. The van der Waals surface area contributed by atoms with E-state index in [1.807, 2.05) is 32.0 Å². The average Bonchev–Trinajstić information content (AvgIpc) is 2.51. The summed E-state index contributed by atoms with van der Waals surface area (Å²) in [6, 6.07) is 10.1. The largest absolute Gasteiger partial charge is 0.495 e. The first kappa shape index (κ1) is 18.4. The van der Waals surface area contributed by atoms with Gasteiger partial charge in [-0.15, -0.1) is 6.58 Å². The molecule has 4 nitrogen and oxygen atoms in total. The Balaban J connectivity index is 2.56. The van der Waals surface area contributed by atoms with E-state index in [1.54, 1.807) is 12.1 Å². The van der Waals surface area contributed by atoms with Crippen LogP contribution in [0.25, 0.3) is 0 Å². The van der Waals surface area contributed by atoms with Crippen molar-refractivity contribution in [2.24, 2.45) is 0 Å². The van der Waals surface area contributed by atoms with Crippen LogP contribution in [0, 0.1) is 13.8 Å². The highest BCUT2D eigenvalue weighted by atomic mass is 35.5. The molecule has 0 amide bonds. The van der Waals surface area contributed by atoms with Crippen LogP contribution in [0.5, 0.6) is 5.75 Å². The summed E-state index contributed by atoms with van der Waals surface area (Å²) < 4.78 is 32.5. The van der Waals surface area contributed by atoms with Crippen LogP contribution in [0.15, 0.2) is 53.9 Å². The topological polar surface area (TPSA) is 46.6 Å². The molecular weight excluding hydrogens is 346 g/mol. The molecule has 0 N–H and O–H groups in total. The number of halogens is 1. The number of rotatable bonds is 6. The first-order valence-corrected chi connectivity index (χ1v) is 9.17. The molecule has 0 unspecified atom stereocenters. The number of nitrogens with zero attached hydrogens (tertiary/aromatic N) is 1. The molecule has 0 heterocycles. The number of sulfonamides is 1. The van der Waals surface area contributed by atoms with Gasteiger partial charge in [0.15, 0.2) is 0 Å². The number of aryl methyl sites for hydroxylation is 2. The molecule has 0 spiro atoms. The van der Waals surface area contributed by atoms with Gasteiger partial charge in [0.2, 0.25) is 0 Å². The molecular formula is C18H20ClNO3S. The zero-order chi connectivity index (χ0) is 17.9. The molecule has 6 heteroatoms. The lowest BCUT2D eigenvalue weighted by molar-refractivity contribution is 0.414. The Bertz CT molecular complexity index is 842. The number of methoxy groups -OCH3 is 1. The molecule has 2 rings (SSSR count). The van der Waals surface area contributed by atoms with Crippen LogP contribution < -0.4 is 9.04 Å². The molecule has 0 fully saturated rings. The molecule has 24 heavy (non-hydrogen) atoms. The summed E-state index contributed by atoms with van der Waals surface area (Å²) in [5, 5.41) is 0.248. The number of hydrogen-bond acceptors (Lipinski definition) is 3. The summed E-state index contributed by atoms with van der Waals surface area (Å²) in [4.78, 5) is 0.106. The zero-order valence-corrected chi connectivity index (χ0v) is 15.5. The lowest BCUT2D eigenvalue weighted by Crippen LogP contribution is -2.31. The Morgan fingerprint density at radius 2 is 1.79 bits per heavy atom. The lowest BCUT2D eigenvalue weighted by atomic mass is 10.1. The van der Waals surface area contributed by atoms with Crippen molar-refractivity contribution in [1.29, 1.82) is 0 Å². The highest BCUT2D eigenvalue weighted by Crippen LogP contribution is 2.31. The van der Waals surface area contributed by atoms with Crippen molar-refractivity contribution in [1.82, 2.24) is 0 Å². The molecule has 0 aromatic heterocycles. The molecule has 0 aliphatic rings. The quantitative estimate of drug-likeness (QED) is 0.715. The second kappa shape index (κ2) is 7.28. The second-order valence-electron chi connectivity index (χ2n) is 5.47. The number of hydrogen-bond donors (Lipinski definition) is 0. The maximum atomic E-state index is 13.1. The zero-order valence-electron chi connectivity index (χ0n) is 13.9. The average molecular weight is 366 g/mol. The van der Waals surface area contributed by atoms with E-state index in [1.165, 1.54) is 23.5 Å². The molecule has 128 valence electrons. The highest BCUT2D eigenvalue weighted by Gasteiger charge is 2.25. The summed E-state index contributed by atoms with van der Waals surface area (Å²) in [7, 11) is -2.29. The van der Waals surface area contributed by atoms with Gasteiger partial charge in [-0.05, 0) is 55.3 Å². The molecule has 0 bridgehead atoms. The van der Waals surface area contributed by atoms with Crippen LogP contribution in [0.3, 0.4) is 0 Å². The van der Waals surface area contributed by atoms with Gasteiger partial charge >= 0.3 is 0 Å². The maximum Gasteiger partial charge on any atom is 0.264 e. The minimum atomic E-state index is -3.78. The smallest absolute Gasteiger partial charge is 0.264 e. The van der Waals surface area contributed by atoms with Crippen molar-refractivity contribution >= 4 is 27.3 Å². The van der Waals surface area contributed by atoms with Gasteiger partial charge in [0.05, 0.1) is 29.3 Å². The van der Waals surface area contributed by atoms with E-state index >= 15 is 0 Å². The van der Waals surface area contributed by atoms with Crippen LogP contribution >= 0.6 is 11.6 Å². The summed E-state index contributed by atoms with van der Waals surface area (Å²) >= 11 is 6.09. The maximum absolute atomic E-state index is 13.1. The van der Waals surface area contributed by atoms with Gasteiger partial charge in [0.1, 0.15) is 5.75 Å². The third-order valence-electron chi connectivity index (χ3n) is 3.50. The Labute approximate surface area is 148 Å². The van der Waals surface area contributed by atoms with Crippen molar-refractivity contribution in [2.75, 3.05) is 18.0 Å². The van der Waals surface area contributed by atoms with E-state index < -0.39 is 10.0 Å². The summed E-state index contributed by atoms with van der Waals surface area (Å²) in [6.45, 7) is 7.69. The fourth-order valence-corrected chi connectivity index (χ4v) is 4.26. The fourth-order valence-electron chi connectivity index (χ4n) is 2.49. The van der Waals surface area contributed by atoms with E-state index in [2.05, 4.69) is 6.58 Å². The standard InChI is InChI=1S/C18H20ClNO3S/c1-5-8-20(15-10-13(2)9-14(3)11-15)24(21,22)16-6-7-18(23-4)17(19)12-16/h5-7,9-12H,1,8H2,2-4H3. The lowest BCUT2D eigenvalue weighted by Gasteiger charge is -2.24. The van der Waals surface area contributed by atoms with Crippen LogP contribution in [0.4, 0.5) is 5.69 Å². The van der Waals surface area contributed by atoms with Gasteiger partial charge < -0.3 is 4.74 Å². The number of ether oxygens (including phenoxy) is 1. The van der Waals surface area contributed by atoms with Crippen LogP contribution in [-0.4, -0.2) is 22.1 Å². The van der Waals surface area contributed by atoms with E-state index in [9.17, 15) is 8.42 Å². The molecule has 0 radical (unpaired) electrons. The molecule has 0 aliphatic heterocycles. The van der Waals surface area contributed by atoms with Crippen molar-refractivity contribution in [3.8, 4) is 5.75 Å². The summed E-state index contributed by atoms with van der Waals surface area (Å²) in [5.74, 6) is 0.428. The van der Waals surface area contributed by atoms with Crippen LogP contribution in [0.1, 0.15) is 11.1 Å². The first-order valence-electron chi connectivity index (χ1n) is 7.35. The first-order chi connectivity index (χ1) is 11.3.